The number of phenols is 1. The molecule has 0 fully saturated rings. The van der Waals surface area contributed by atoms with Crippen molar-refractivity contribution >= 4 is 60.4 Å². The van der Waals surface area contributed by atoms with Gasteiger partial charge in [0.2, 0.25) is 0 Å². The molecule has 0 saturated carbocycles. The van der Waals surface area contributed by atoms with E-state index in [0.29, 0.717) is 5.75 Å². The van der Waals surface area contributed by atoms with Crippen molar-refractivity contribution in [2.75, 3.05) is 0 Å². The van der Waals surface area contributed by atoms with E-state index in [0.717, 1.165) is 76.8 Å². The standard InChI is InChI=1S/2C20H14O2.Ga/c21-15-9-7-13-3-1-5-17(19(13)11-15)18-6-2-4-14-8-10-16(22)12-20(14)18;21-17-11-9-13-5-1-3-7-15(13)19(17)20-16-8-4-2-6-14(16)10-12-18(20)22;/h2*1-12,21-22H;/q;;+3/p-3. The zero-order chi connectivity index (χ0) is 29.9. The van der Waals surface area contributed by atoms with Crippen molar-refractivity contribution in [1.29, 1.82) is 0 Å². The molecule has 1 heterocycles. The molecule has 9 rings (SSSR count). The Labute approximate surface area is 265 Å². The predicted octanol–water partition coefficient (Wildman–Crippen LogP) is 10.2. The molecule has 0 unspecified atom stereocenters. The quantitative estimate of drug-likeness (QED) is 0.196. The first-order chi connectivity index (χ1) is 22.2. The van der Waals surface area contributed by atoms with Crippen molar-refractivity contribution in [3.63, 3.8) is 0 Å². The topological polar surface area (TPSA) is 47.9 Å². The second-order valence-electron chi connectivity index (χ2n) is 11.4. The summed E-state index contributed by atoms with van der Waals surface area (Å²) in [5, 5.41) is 19.0. The number of hydrogen-bond donors (Lipinski definition) is 1. The molecule has 8 aromatic rings. The van der Waals surface area contributed by atoms with E-state index in [2.05, 4.69) is 109 Å². The second kappa shape index (κ2) is 10.4. The van der Waals surface area contributed by atoms with Crippen LogP contribution in [-0.4, -0.2) is 22.4 Å². The second-order valence-corrected chi connectivity index (χ2v) is 14.1. The van der Waals surface area contributed by atoms with E-state index in [1.807, 2.05) is 30.3 Å². The molecule has 5 heteroatoms. The molecule has 1 aliphatic rings. The average Bonchev–Trinajstić information content (AvgIpc) is 3.24. The zero-order valence-electron chi connectivity index (χ0n) is 24.1. The number of hydrogen-bond acceptors (Lipinski definition) is 4. The van der Waals surface area contributed by atoms with Gasteiger partial charge in [-0.15, -0.1) is 0 Å². The van der Waals surface area contributed by atoms with Gasteiger partial charge in [-0.25, -0.2) is 0 Å². The predicted molar refractivity (Wildman–Crippen MR) is 183 cm³/mol. The average molecular weight is 639 g/mol. The summed E-state index contributed by atoms with van der Waals surface area (Å²) in [6, 6.07) is 49.3. The van der Waals surface area contributed by atoms with Gasteiger partial charge in [-0.1, -0.05) is 0 Å². The molecule has 1 N–H and O–H groups in total. The third-order valence-electron chi connectivity index (χ3n) is 8.72. The molecule has 0 spiro atoms. The van der Waals surface area contributed by atoms with Crippen LogP contribution in [0.25, 0.3) is 65.3 Å². The third-order valence-corrected chi connectivity index (χ3v) is 11.6. The molecule has 8 aromatic carbocycles. The van der Waals surface area contributed by atoms with E-state index in [-0.39, 0.29) is 5.75 Å². The van der Waals surface area contributed by atoms with Gasteiger partial charge >= 0.3 is 267 Å². The minimum absolute atomic E-state index is 0.246. The van der Waals surface area contributed by atoms with Gasteiger partial charge in [-0.3, -0.25) is 0 Å². The van der Waals surface area contributed by atoms with Crippen LogP contribution in [0.4, 0.5) is 0 Å². The van der Waals surface area contributed by atoms with Gasteiger partial charge in [0.15, 0.2) is 0 Å². The van der Waals surface area contributed by atoms with E-state index >= 15 is 0 Å². The Morgan fingerprint density at radius 2 is 0.933 bits per heavy atom. The van der Waals surface area contributed by atoms with E-state index in [1.165, 1.54) is 0 Å². The van der Waals surface area contributed by atoms with Crippen molar-refractivity contribution in [3.8, 4) is 45.3 Å². The van der Waals surface area contributed by atoms with Gasteiger partial charge in [-0.2, -0.15) is 0 Å². The van der Waals surface area contributed by atoms with Gasteiger partial charge in [0.1, 0.15) is 0 Å². The zero-order valence-corrected chi connectivity index (χ0v) is 26.5. The molecule has 0 bridgehead atoms. The van der Waals surface area contributed by atoms with Crippen molar-refractivity contribution in [2.24, 2.45) is 0 Å². The fourth-order valence-electron chi connectivity index (χ4n) is 6.66. The van der Waals surface area contributed by atoms with Crippen LogP contribution in [0.15, 0.2) is 146 Å². The van der Waals surface area contributed by atoms with Crippen molar-refractivity contribution < 1.29 is 15.7 Å². The molecule has 4 nitrogen and oxygen atoms in total. The van der Waals surface area contributed by atoms with Crippen molar-refractivity contribution in [1.82, 2.24) is 0 Å². The first-order valence-electron chi connectivity index (χ1n) is 15.0. The molecule has 0 amide bonds. The van der Waals surface area contributed by atoms with Crippen LogP contribution in [0.1, 0.15) is 0 Å². The number of phenolic OH excluding ortho intramolecular Hbond substituents is 1. The summed E-state index contributed by atoms with van der Waals surface area (Å²) in [7, 11) is 0. The molecule has 1 aliphatic heterocycles. The Morgan fingerprint density at radius 1 is 0.444 bits per heavy atom. The van der Waals surface area contributed by atoms with Crippen molar-refractivity contribution in [2.45, 2.75) is 0 Å². The molecular formula is C40H25GaO4. The van der Waals surface area contributed by atoms with Gasteiger partial charge in [-0.05, 0) is 0 Å². The van der Waals surface area contributed by atoms with Crippen LogP contribution >= 0.6 is 0 Å². The van der Waals surface area contributed by atoms with Crippen LogP contribution in [0.5, 0.6) is 23.0 Å². The molecular weight excluding hydrogens is 614 g/mol. The maximum atomic E-state index is 10.3. The monoisotopic (exact) mass is 638 g/mol. The Hall–Kier alpha value is -5.36. The maximum absolute atomic E-state index is 10.3. The van der Waals surface area contributed by atoms with Crippen LogP contribution in [0, 0.1) is 0 Å². The normalized spacial score (nSPS) is 12.4. The Morgan fingerprint density at radius 3 is 1.56 bits per heavy atom. The summed E-state index contributed by atoms with van der Waals surface area (Å²) in [6.07, 6.45) is 0. The third kappa shape index (κ3) is 4.39. The number of aromatic hydroxyl groups is 1. The molecule has 212 valence electrons. The Balaban J connectivity index is 1.17. The molecule has 0 atom stereocenters. The fourth-order valence-corrected chi connectivity index (χ4v) is 9.43. The summed E-state index contributed by atoms with van der Waals surface area (Å²) < 4.78 is 20.1. The van der Waals surface area contributed by atoms with E-state index < -0.39 is 17.3 Å². The number of fused-ring (bicyclic) bond motifs is 9. The van der Waals surface area contributed by atoms with Gasteiger partial charge < -0.3 is 0 Å². The van der Waals surface area contributed by atoms with Crippen LogP contribution in [0.3, 0.4) is 0 Å². The molecule has 0 aliphatic carbocycles. The minimum atomic E-state index is -3.40. The van der Waals surface area contributed by atoms with Gasteiger partial charge in [0, 0.05) is 0 Å². The molecule has 45 heavy (non-hydrogen) atoms. The SMILES string of the molecule is Oc1ccc2cccc(-c3cccc4ccc([O][Ga]5[O]c6ccc7ccccc7c6-c6c(ccc7ccccc67)[O]5)cc34)c2c1. The first-order valence-corrected chi connectivity index (χ1v) is 18.0. The molecule has 0 radical (unpaired) electrons. The Bertz CT molecular complexity index is 2360. The number of rotatable bonds is 3. The van der Waals surface area contributed by atoms with Crippen LogP contribution in [0.2, 0.25) is 0 Å². The fraction of sp³-hybridized carbons (Fsp3) is 0. The number of benzene rings is 8. The van der Waals surface area contributed by atoms with E-state index in [9.17, 15) is 5.11 Å². The van der Waals surface area contributed by atoms with Gasteiger partial charge in [0.25, 0.3) is 0 Å². The molecule has 0 saturated heterocycles. The van der Waals surface area contributed by atoms with Crippen molar-refractivity contribution in [3.05, 3.63) is 146 Å². The van der Waals surface area contributed by atoms with E-state index in [1.54, 1.807) is 6.07 Å². The summed E-state index contributed by atoms with van der Waals surface area (Å²) in [6.45, 7) is 0. The molecule has 0 aromatic heterocycles. The summed E-state index contributed by atoms with van der Waals surface area (Å²) >= 11 is -3.40. The summed E-state index contributed by atoms with van der Waals surface area (Å²) in [4.78, 5) is 0. The van der Waals surface area contributed by atoms with Crippen LogP contribution < -0.4 is 10.6 Å². The van der Waals surface area contributed by atoms with Crippen LogP contribution in [-0.2, 0) is 0 Å². The first kappa shape index (κ1) is 26.1. The van der Waals surface area contributed by atoms with Gasteiger partial charge in [0.05, 0.1) is 0 Å². The summed E-state index contributed by atoms with van der Waals surface area (Å²) in [5.74, 6) is 2.52. The van der Waals surface area contributed by atoms with E-state index in [4.69, 9.17) is 10.6 Å². The Kier molecular flexibility index (Phi) is 6.01. The summed E-state index contributed by atoms with van der Waals surface area (Å²) in [5.41, 5.74) is 4.20.